The van der Waals surface area contributed by atoms with Crippen LogP contribution in [0.5, 0.6) is 5.75 Å². The van der Waals surface area contributed by atoms with Gasteiger partial charge in [-0.2, -0.15) is 0 Å². The average molecular weight is 300 g/mol. The first-order valence-electron chi connectivity index (χ1n) is 8.42. The topological polar surface area (TPSA) is 46.5 Å². The van der Waals surface area contributed by atoms with Gasteiger partial charge in [0.1, 0.15) is 11.5 Å². The van der Waals surface area contributed by atoms with E-state index in [1.807, 2.05) is 6.07 Å². The molecule has 22 heavy (non-hydrogen) atoms. The van der Waals surface area contributed by atoms with Gasteiger partial charge in [0.25, 0.3) is 0 Å². The van der Waals surface area contributed by atoms with Crippen molar-refractivity contribution in [3.63, 3.8) is 0 Å². The van der Waals surface area contributed by atoms with Crippen LogP contribution in [0.4, 0.5) is 0 Å². The zero-order chi connectivity index (χ0) is 15.5. The van der Waals surface area contributed by atoms with E-state index >= 15 is 0 Å². The molecule has 1 aromatic carbocycles. The van der Waals surface area contributed by atoms with E-state index in [1.54, 1.807) is 7.11 Å². The molecule has 0 amide bonds. The smallest absolute Gasteiger partial charge is 0.134 e. The first kappa shape index (κ1) is 14.3. The Hall–Kier alpha value is -1.35. The first-order valence-corrected chi connectivity index (χ1v) is 8.42. The summed E-state index contributed by atoms with van der Waals surface area (Å²) in [4.78, 5) is 12.3. The standard InChI is InChI=1S/C19H24O3/c1-12-5-7-18-11-14(20)6-8-19(18,21)16(12)9-13-3-4-15(22-2)10-17(13)18/h3-4,10,12,16,21H,5-9,11H2,1-2H3/t12?,16-,18+,19+/m0/s1. The van der Waals surface area contributed by atoms with Gasteiger partial charge in [0, 0.05) is 18.3 Å². The number of Topliss-reactive ketones (excluding diaryl/α,β-unsaturated/α-hetero) is 1. The summed E-state index contributed by atoms with van der Waals surface area (Å²) >= 11 is 0. The number of hydrogen-bond donors (Lipinski definition) is 1. The van der Waals surface area contributed by atoms with Crippen LogP contribution in [0.3, 0.4) is 0 Å². The molecule has 0 saturated heterocycles. The molecule has 0 aliphatic heterocycles. The monoisotopic (exact) mass is 300 g/mol. The number of carbonyl (C=O) groups is 1. The van der Waals surface area contributed by atoms with E-state index in [-0.39, 0.29) is 11.3 Å². The van der Waals surface area contributed by atoms with Crippen LogP contribution in [0, 0.1) is 11.8 Å². The van der Waals surface area contributed by atoms with Crippen LogP contribution >= 0.6 is 0 Å². The Kier molecular flexibility index (Phi) is 2.96. The molecular weight excluding hydrogens is 276 g/mol. The molecule has 3 heteroatoms. The minimum atomic E-state index is -0.724. The van der Waals surface area contributed by atoms with Crippen LogP contribution in [0.15, 0.2) is 18.2 Å². The number of ether oxygens (including phenoxy) is 1. The summed E-state index contributed by atoms with van der Waals surface area (Å²) in [6.45, 7) is 2.26. The molecule has 4 rings (SSSR count). The second-order valence-corrected chi connectivity index (χ2v) is 7.57. The molecule has 1 N–H and O–H groups in total. The number of benzene rings is 1. The third-order valence-electron chi connectivity index (χ3n) is 6.71. The maximum absolute atomic E-state index is 12.3. The maximum atomic E-state index is 12.3. The second-order valence-electron chi connectivity index (χ2n) is 7.57. The molecule has 4 atom stereocenters. The minimum Gasteiger partial charge on any atom is -0.497 e. The number of ketones is 1. The number of carbonyl (C=O) groups excluding carboxylic acids is 1. The number of fused-ring (bicyclic) bond motifs is 1. The average Bonchev–Trinajstić information content (AvgIpc) is 2.51. The van der Waals surface area contributed by atoms with E-state index in [0.717, 1.165) is 25.0 Å². The normalized spacial score (nSPS) is 39.9. The molecule has 2 fully saturated rings. The Bertz CT molecular complexity index is 638. The highest BCUT2D eigenvalue weighted by molar-refractivity contribution is 5.82. The van der Waals surface area contributed by atoms with E-state index in [0.29, 0.717) is 31.0 Å². The van der Waals surface area contributed by atoms with E-state index in [9.17, 15) is 9.90 Å². The Labute approximate surface area is 131 Å². The quantitative estimate of drug-likeness (QED) is 0.867. The summed E-state index contributed by atoms with van der Waals surface area (Å²) in [5, 5.41) is 11.7. The van der Waals surface area contributed by atoms with Gasteiger partial charge in [-0.25, -0.2) is 0 Å². The Balaban J connectivity index is 1.96. The van der Waals surface area contributed by atoms with E-state index in [2.05, 4.69) is 19.1 Å². The molecule has 0 aromatic heterocycles. The van der Waals surface area contributed by atoms with Crippen LogP contribution in [0.25, 0.3) is 0 Å². The van der Waals surface area contributed by atoms with E-state index in [1.165, 1.54) is 11.1 Å². The fraction of sp³-hybridized carbons (Fsp3) is 0.632. The molecule has 1 unspecified atom stereocenters. The fourth-order valence-corrected chi connectivity index (χ4v) is 5.51. The Morgan fingerprint density at radius 1 is 1.32 bits per heavy atom. The molecule has 0 radical (unpaired) electrons. The van der Waals surface area contributed by atoms with Crippen molar-refractivity contribution in [2.75, 3.05) is 7.11 Å². The van der Waals surface area contributed by atoms with Crippen molar-refractivity contribution in [3.8, 4) is 5.75 Å². The fourth-order valence-electron chi connectivity index (χ4n) is 5.51. The van der Waals surface area contributed by atoms with Crippen LogP contribution in [0.1, 0.15) is 50.2 Å². The Morgan fingerprint density at radius 3 is 2.91 bits per heavy atom. The third kappa shape index (κ3) is 1.63. The summed E-state index contributed by atoms with van der Waals surface area (Å²) < 4.78 is 5.41. The van der Waals surface area contributed by atoms with Crippen molar-refractivity contribution in [3.05, 3.63) is 29.3 Å². The minimum absolute atomic E-state index is 0.273. The van der Waals surface area contributed by atoms with Crippen molar-refractivity contribution < 1.29 is 14.6 Å². The SMILES string of the molecule is COc1ccc2c(c1)[C@]13CCC(C)[C@H](C2)[C@]1(O)CCC(=O)C3. The summed E-state index contributed by atoms with van der Waals surface area (Å²) in [5.74, 6) is 1.91. The van der Waals surface area contributed by atoms with Crippen molar-refractivity contribution in [2.45, 2.75) is 56.5 Å². The lowest BCUT2D eigenvalue weighted by atomic mass is 9.44. The highest BCUT2D eigenvalue weighted by Crippen LogP contribution is 2.61. The molecule has 0 heterocycles. The van der Waals surface area contributed by atoms with Gasteiger partial charge in [0.2, 0.25) is 0 Å². The summed E-state index contributed by atoms with van der Waals surface area (Å²) in [7, 11) is 1.67. The van der Waals surface area contributed by atoms with Crippen molar-refractivity contribution >= 4 is 5.78 Å². The van der Waals surface area contributed by atoms with Gasteiger partial charge in [0.05, 0.1) is 12.7 Å². The predicted molar refractivity (Wildman–Crippen MR) is 84.1 cm³/mol. The van der Waals surface area contributed by atoms with Gasteiger partial charge in [-0.05, 0) is 60.8 Å². The van der Waals surface area contributed by atoms with Crippen molar-refractivity contribution in [1.29, 1.82) is 0 Å². The van der Waals surface area contributed by atoms with Crippen LogP contribution in [-0.4, -0.2) is 23.6 Å². The van der Waals surface area contributed by atoms with Crippen molar-refractivity contribution in [1.82, 2.24) is 0 Å². The highest BCUT2D eigenvalue weighted by Gasteiger charge is 2.64. The highest BCUT2D eigenvalue weighted by atomic mass is 16.5. The van der Waals surface area contributed by atoms with Crippen molar-refractivity contribution in [2.24, 2.45) is 11.8 Å². The van der Waals surface area contributed by atoms with Crippen LogP contribution in [0.2, 0.25) is 0 Å². The van der Waals surface area contributed by atoms with Gasteiger partial charge >= 0.3 is 0 Å². The maximum Gasteiger partial charge on any atom is 0.134 e. The molecule has 2 bridgehead atoms. The molecule has 2 saturated carbocycles. The Morgan fingerprint density at radius 2 is 2.14 bits per heavy atom. The number of hydrogen-bond acceptors (Lipinski definition) is 3. The predicted octanol–water partition coefficient (Wildman–Crippen LogP) is 3.02. The largest absolute Gasteiger partial charge is 0.497 e. The van der Waals surface area contributed by atoms with Gasteiger partial charge in [-0.3, -0.25) is 4.79 Å². The van der Waals surface area contributed by atoms with Gasteiger partial charge in [-0.15, -0.1) is 0 Å². The van der Waals surface area contributed by atoms with E-state index < -0.39 is 5.60 Å². The first-order chi connectivity index (χ1) is 10.5. The molecule has 1 aromatic rings. The molecule has 3 aliphatic rings. The number of methoxy groups -OCH3 is 1. The lowest BCUT2D eigenvalue weighted by Gasteiger charge is -2.62. The molecule has 3 aliphatic carbocycles. The molecule has 118 valence electrons. The second kappa shape index (κ2) is 4.58. The molecule has 3 nitrogen and oxygen atoms in total. The van der Waals surface area contributed by atoms with Gasteiger partial charge in [0.15, 0.2) is 0 Å². The third-order valence-corrected chi connectivity index (χ3v) is 6.71. The lowest BCUT2D eigenvalue weighted by molar-refractivity contribution is -0.170. The summed E-state index contributed by atoms with van der Waals surface area (Å²) in [6.07, 6.45) is 4.57. The summed E-state index contributed by atoms with van der Waals surface area (Å²) in [6, 6.07) is 6.22. The molecular formula is C19H24O3. The lowest BCUT2D eigenvalue weighted by Crippen LogP contribution is -2.66. The van der Waals surface area contributed by atoms with E-state index in [4.69, 9.17) is 4.74 Å². The van der Waals surface area contributed by atoms with Gasteiger partial charge < -0.3 is 9.84 Å². The van der Waals surface area contributed by atoms with Crippen LogP contribution in [-0.2, 0) is 16.6 Å². The zero-order valence-corrected chi connectivity index (χ0v) is 13.4. The number of aliphatic hydroxyl groups is 1. The summed E-state index contributed by atoms with van der Waals surface area (Å²) in [5.41, 5.74) is 1.36. The van der Waals surface area contributed by atoms with Gasteiger partial charge in [-0.1, -0.05) is 13.0 Å². The zero-order valence-electron chi connectivity index (χ0n) is 13.4. The number of rotatable bonds is 1. The molecule has 0 spiro atoms. The van der Waals surface area contributed by atoms with Crippen LogP contribution < -0.4 is 4.74 Å².